The first-order valence-electron chi connectivity index (χ1n) is 10.6. The van der Waals surface area contributed by atoms with Crippen LogP contribution in [0.2, 0.25) is 5.02 Å². The van der Waals surface area contributed by atoms with Gasteiger partial charge in [-0.25, -0.2) is 0 Å². The lowest BCUT2D eigenvalue weighted by atomic mass is 9.97. The van der Waals surface area contributed by atoms with Gasteiger partial charge in [-0.15, -0.1) is 0 Å². The first-order valence-corrected chi connectivity index (χ1v) is 10.9. The van der Waals surface area contributed by atoms with Gasteiger partial charge in [0.05, 0.1) is 5.56 Å². The first-order chi connectivity index (χ1) is 15.1. The van der Waals surface area contributed by atoms with E-state index in [1.54, 1.807) is 42.5 Å². The van der Waals surface area contributed by atoms with Gasteiger partial charge in [-0.3, -0.25) is 14.5 Å². The molecule has 0 bridgehead atoms. The van der Waals surface area contributed by atoms with Crippen molar-refractivity contribution in [2.45, 2.75) is 13.0 Å². The van der Waals surface area contributed by atoms with Gasteiger partial charge < -0.3 is 4.90 Å². The molecule has 4 rings (SSSR count). The Labute approximate surface area is 188 Å². The quantitative estimate of drug-likeness (QED) is 0.537. The summed E-state index contributed by atoms with van der Waals surface area (Å²) in [5.41, 5.74) is 2.69. The van der Waals surface area contributed by atoms with Crippen LogP contribution in [0.3, 0.4) is 0 Å². The van der Waals surface area contributed by atoms with Crippen molar-refractivity contribution in [1.29, 1.82) is 0 Å². The fourth-order valence-corrected chi connectivity index (χ4v) is 4.09. The molecule has 1 saturated heterocycles. The molecular weight excluding hydrogens is 408 g/mol. The molecule has 1 fully saturated rings. The summed E-state index contributed by atoms with van der Waals surface area (Å²) in [5, 5.41) is 0.575. The molecule has 0 saturated carbocycles. The summed E-state index contributed by atoms with van der Waals surface area (Å²) < 4.78 is 0. The second kappa shape index (κ2) is 9.90. The molecule has 3 aromatic rings. The fraction of sp³-hybridized carbons (Fsp3) is 0.231. The molecule has 1 aliphatic heterocycles. The predicted molar refractivity (Wildman–Crippen MR) is 124 cm³/mol. The molecular formula is C26H25ClN2O2. The van der Waals surface area contributed by atoms with Crippen LogP contribution < -0.4 is 0 Å². The first kappa shape index (κ1) is 21.3. The van der Waals surface area contributed by atoms with Gasteiger partial charge in [0.15, 0.2) is 5.78 Å². The van der Waals surface area contributed by atoms with E-state index in [0.29, 0.717) is 34.8 Å². The van der Waals surface area contributed by atoms with Crippen LogP contribution in [0.1, 0.15) is 38.3 Å². The molecule has 0 aromatic heterocycles. The molecule has 1 heterocycles. The largest absolute Gasteiger partial charge is 0.337 e. The molecule has 1 aliphatic rings. The van der Waals surface area contributed by atoms with Crippen LogP contribution >= 0.6 is 11.6 Å². The van der Waals surface area contributed by atoms with Crippen molar-refractivity contribution >= 4 is 23.3 Å². The third kappa shape index (κ3) is 5.22. The number of amides is 1. The second-order valence-corrected chi connectivity index (χ2v) is 8.23. The molecule has 158 valence electrons. The van der Waals surface area contributed by atoms with Crippen molar-refractivity contribution in [3.63, 3.8) is 0 Å². The van der Waals surface area contributed by atoms with Crippen LogP contribution in [0.25, 0.3) is 0 Å². The summed E-state index contributed by atoms with van der Waals surface area (Å²) in [7, 11) is 0. The van der Waals surface area contributed by atoms with E-state index in [1.807, 2.05) is 17.0 Å². The lowest BCUT2D eigenvalue weighted by Gasteiger charge is -2.23. The molecule has 0 spiro atoms. The van der Waals surface area contributed by atoms with Crippen LogP contribution in [-0.2, 0) is 6.54 Å². The van der Waals surface area contributed by atoms with Crippen LogP contribution in [0, 0.1) is 0 Å². The Kier molecular flexibility index (Phi) is 6.80. The number of carbonyl (C=O) groups is 2. The molecule has 1 amide bonds. The van der Waals surface area contributed by atoms with Crippen molar-refractivity contribution in [3.05, 3.63) is 106 Å². The summed E-state index contributed by atoms with van der Waals surface area (Å²) in [5.74, 6) is -0.249. The molecule has 3 aromatic carbocycles. The van der Waals surface area contributed by atoms with Crippen LogP contribution in [0.4, 0.5) is 0 Å². The molecule has 0 unspecified atom stereocenters. The van der Waals surface area contributed by atoms with Gasteiger partial charge in [-0.1, -0.05) is 60.1 Å². The lowest BCUT2D eigenvalue weighted by Crippen LogP contribution is -2.35. The molecule has 0 N–H and O–H groups in total. The Morgan fingerprint density at radius 2 is 1.42 bits per heavy atom. The highest BCUT2D eigenvalue weighted by molar-refractivity contribution is 6.30. The van der Waals surface area contributed by atoms with Gasteiger partial charge in [-0.05, 0) is 42.3 Å². The van der Waals surface area contributed by atoms with Gasteiger partial charge in [0.2, 0.25) is 0 Å². The lowest BCUT2D eigenvalue weighted by molar-refractivity contribution is 0.0756. The van der Waals surface area contributed by atoms with E-state index in [9.17, 15) is 9.59 Å². The van der Waals surface area contributed by atoms with Gasteiger partial charge in [0.25, 0.3) is 5.91 Å². The minimum absolute atomic E-state index is 0.0838. The Hall–Kier alpha value is -2.95. The third-order valence-electron chi connectivity index (χ3n) is 5.63. The zero-order chi connectivity index (χ0) is 21.6. The number of carbonyl (C=O) groups excluding carboxylic acids is 2. The Balaban J connectivity index is 1.48. The highest BCUT2D eigenvalue weighted by Crippen LogP contribution is 2.19. The maximum Gasteiger partial charge on any atom is 0.254 e. The Morgan fingerprint density at radius 3 is 2.16 bits per heavy atom. The van der Waals surface area contributed by atoms with Gasteiger partial charge in [-0.2, -0.15) is 0 Å². The highest BCUT2D eigenvalue weighted by Gasteiger charge is 2.24. The topological polar surface area (TPSA) is 40.6 Å². The SMILES string of the molecule is O=C(c1ccc(Cl)cc1)c1ccccc1C(=O)N1CCCN(Cc2ccccc2)CC1. The third-order valence-corrected chi connectivity index (χ3v) is 5.89. The Morgan fingerprint density at radius 1 is 0.742 bits per heavy atom. The van der Waals surface area contributed by atoms with E-state index in [-0.39, 0.29) is 11.7 Å². The van der Waals surface area contributed by atoms with Gasteiger partial charge in [0, 0.05) is 48.9 Å². The number of ketones is 1. The number of hydrogen-bond donors (Lipinski definition) is 0. The average molecular weight is 433 g/mol. The molecule has 4 nitrogen and oxygen atoms in total. The van der Waals surface area contributed by atoms with E-state index >= 15 is 0 Å². The number of hydrogen-bond acceptors (Lipinski definition) is 3. The van der Waals surface area contributed by atoms with Gasteiger partial charge in [0.1, 0.15) is 0 Å². The summed E-state index contributed by atoms with van der Waals surface area (Å²) in [6.45, 7) is 3.98. The van der Waals surface area contributed by atoms with E-state index < -0.39 is 0 Å². The zero-order valence-electron chi connectivity index (χ0n) is 17.3. The number of halogens is 1. The van der Waals surface area contributed by atoms with E-state index in [1.165, 1.54) is 5.56 Å². The fourth-order valence-electron chi connectivity index (χ4n) is 3.97. The van der Waals surface area contributed by atoms with E-state index in [2.05, 4.69) is 29.2 Å². The molecule has 31 heavy (non-hydrogen) atoms. The number of nitrogens with zero attached hydrogens (tertiary/aromatic N) is 2. The standard InChI is InChI=1S/C26H25ClN2O2/c27-22-13-11-21(12-14-22)25(30)23-9-4-5-10-24(23)26(31)29-16-6-15-28(17-18-29)19-20-7-2-1-3-8-20/h1-5,7-14H,6,15-19H2. The number of benzene rings is 3. The average Bonchev–Trinajstić information content (AvgIpc) is 3.05. The maximum atomic E-state index is 13.4. The summed E-state index contributed by atoms with van der Waals surface area (Å²) in [4.78, 5) is 30.7. The predicted octanol–water partition coefficient (Wildman–Crippen LogP) is 4.92. The van der Waals surface area contributed by atoms with Crippen molar-refractivity contribution in [2.24, 2.45) is 0 Å². The monoisotopic (exact) mass is 432 g/mol. The van der Waals surface area contributed by atoms with Crippen molar-refractivity contribution < 1.29 is 9.59 Å². The van der Waals surface area contributed by atoms with Crippen molar-refractivity contribution in [1.82, 2.24) is 9.80 Å². The van der Waals surface area contributed by atoms with Crippen LogP contribution in [0.15, 0.2) is 78.9 Å². The highest BCUT2D eigenvalue weighted by atomic mass is 35.5. The zero-order valence-corrected chi connectivity index (χ0v) is 18.1. The van der Waals surface area contributed by atoms with Crippen molar-refractivity contribution in [3.8, 4) is 0 Å². The van der Waals surface area contributed by atoms with E-state index in [0.717, 1.165) is 26.1 Å². The minimum atomic E-state index is -0.166. The molecule has 0 aliphatic carbocycles. The van der Waals surface area contributed by atoms with Gasteiger partial charge >= 0.3 is 0 Å². The minimum Gasteiger partial charge on any atom is -0.337 e. The van der Waals surface area contributed by atoms with Crippen molar-refractivity contribution in [2.75, 3.05) is 26.2 Å². The maximum absolute atomic E-state index is 13.4. The van der Waals surface area contributed by atoms with Crippen LogP contribution in [-0.4, -0.2) is 47.7 Å². The van der Waals surface area contributed by atoms with E-state index in [4.69, 9.17) is 11.6 Å². The smallest absolute Gasteiger partial charge is 0.254 e. The molecule has 0 radical (unpaired) electrons. The molecule has 0 atom stereocenters. The summed E-state index contributed by atoms with van der Waals surface area (Å²) in [6, 6.07) is 24.2. The number of rotatable bonds is 5. The summed E-state index contributed by atoms with van der Waals surface area (Å²) >= 11 is 5.95. The Bertz CT molecular complexity index is 1050. The second-order valence-electron chi connectivity index (χ2n) is 7.79. The normalized spacial score (nSPS) is 14.8. The molecule has 5 heteroatoms. The summed E-state index contributed by atoms with van der Waals surface area (Å²) in [6.07, 6.45) is 0.909. The van der Waals surface area contributed by atoms with Crippen LogP contribution in [0.5, 0.6) is 0 Å².